The lowest BCUT2D eigenvalue weighted by molar-refractivity contribution is 0.0346. The number of β-amino-alcohol motifs (C(OH)–C–C–N with tert-alkyl or cyclic N) is 1. The molecule has 2 aromatic rings. The molecule has 0 unspecified atom stereocenters. The molecule has 0 aliphatic carbocycles. The maximum Gasteiger partial charge on any atom is 0.251 e. The van der Waals surface area contributed by atoms with Gasteiger partial charge in [-0.3, -0.25) is 9.69 Å². The van der Waals surface area contributed by atoms with E-state index >= 15 is 0 Å². The third-order valence-electron chi connectivity index (χ3n) is 4.24. The maximum absolute atomic E-state index is 12.4. The topological polar surface area (TPSA) is 65.5 Å². The lowest BCUT2D eigenvalue weighted by Crippen LogP contribution is -2.53. The number of carbonyl (C=O) groups is 1. The van der Waals surface area contributed by atoms with Crippen molar-refractivity contribution in [2.45, 2.75) is 32.0 Å². The van der Waals surface area contributed by atoms with Crippen molar-refractivity contribution >= 4 is 17.2 Å². The average Bonchev–Trinajstić information content (AvgIpc) is 3.03. The normalized spacial score (nSPS) is 22.0. The minimum Gasteiger partial charge on any atom is -0.390 e. The smallest absolute Gasteiger partial charge is 0.251 e. The van der Waals surface area contributed by atoms with Gasteiger partial charge < -0.3 is 10.4 Å². The Hall–Kier alpha value is -1.76. The van der Waals surface area contributed by atoms with E-state index in [1.165, 1.54) is 0 Å². The summed E-state index contributed by atoms with van der Waals surface area (Å²) >= 11 is 1.58. The Balaban J connectivity index is 1.56. The number of aliphatic hydroxyl groups is 1. The first-order valence-corrected chi connectivity index (χ1v) is 8.72. The van der Waals surface area contributed by atoms with Gasteiger partial charge in [0.1, 0.15) is 0 Å². The first-order valence-electron chi connectivity index (χ1n) is 7.77. The number of rotatable bonds is 4. The van der Waals surface area contributed by atoms with E-state index in [1.807, 2.05) is 42.1 Å². The summed E-state index contributed by atoms with van der Waals surface area (Å²) in [5.41, 5.74) is 4.47. The zero-order valence-electron chi connectivity index (χ0n) is 13.1. The fraction of sp³-hybridized carbons (Fsp3) is 0.412. The van der Waals surface area contributed by atoms with E-state index in [-0.39, 0.29) is 11.9 Å². The molecule has 122 valence electrons. The lowest BCUT2D eigenvalue weighted by Gasteiger charge is -2.36. The largest absolute Gasteiger partial charge is 0.390 e. The highest BCUT2D eigenvalue weighted by molar-refractivity contribution is 7.07. The van der Waals surface area contributed by atoms with Gasteiger partial charge in [-0.15, -0.1) is 11.3 Å². The lowest BCUT2D eigenvalue weighted by atomic mass is 10.0. The Morgan fingerprint density at radius 1 is 1.48 bits per heavy atom. The second kappa shape index (κ2) is 7.21. The van der Waals surface area contributed by atoms with E-state index in [0.29, 0.717) is 12.1 Å². The quantitative estimate of drug-likeness (QED) is 0.897. The van der Waals surface area contributed by atoms with Gasteiger partial charge in [-0.2, -0.15) is 0 Å². The summed E-state index contributed by atoms with van der Waals surface area (Å²) in [7, 11) is 0. The molecule has 1 aliphatic rings. The van der Waals surface area contributed by atoms with Gasteiger partial charge in [0.25, 0.3) is 5.91 Å². The SMILES string of the molecule is Cc1ccccc1C(=O)N[C@@H]1CCN(Cc2cscn2)C[C@H]1O. The summed E-state index contributed by atoms with van der Waals surface area (Å²) in [5.74, 6) is -0.111. The van der Waals surface area contributed by atoms with Gasteiger partial charge in [-0.1, -0.05) is 18.2 Å². The summed E-state index contributed by atoms with van der Waals surface area (Å²) in [6.45, 7) is 4.06. The predicted octanol–water partition coefficient (Wildman–Crippen LogP) is 1.82. The van der Waals surface area contributed by atoms with Crippen LogP contribution in [0, 0.1) is 6.92 Å². The molecule has 23 heavy (non-hydrogen) atoms. The van der Waals surface area contributed by atoms with E-state index in [4.69, 9.17) is 0 Å². The van der Waals surface area contributed by atoms with E-state index in [2.05, 4.69) is 15.2 Å². The summed E-state index contributed by atoms with van der Waals surface area (Å²) in [5, 5.41) is 15.4. The summed E-state index contributed by atoms with van der Waals surface area (Å²) < 4.78 is 0. The zero-order valence-corrected chi connectivity index (χ0v) is 13.9. The Morgan fingerprint density at radius 2 is 2.30 bits per heavy atom. The minimum absolute atomic E-state index is 0.111. The Labute approximate surface area is 140 Å². The highest BCUT2D eigenvalue weighted by Gasteiger charge is 2.29. The molecule has 6 heteroatoms. The molecule has 1 saturated heterocycles. The third-order valence-corrected chi connectivity index (χ3v) is 4.88. The second-order valence-corrected chi connectivity index (χ2v) is 6.68. The highest BCUT2D eigenvalue weighted by atomic mass is 32.1. The van der Waals surface area contributed by atoms with Crippen molar-refractivity contribution in [2.75, 3.05) is 13.1 Å². The van der Waals surface area contributed by atoms with Crippen LogP contribution >= 0.6 is 11.3 Å². The number of nitrogens with zero attached hydrogens (tertiary/aromatic N) is 2. The number of piperidine rings is 1. The molecule has 2 heterocycles. The summed E-state index contributed by atoms with van der Waals surface area (Å²) in [4.78, 5) is 18.8. The monoisotopic (exact) mass is 331 g/mol. The summed E-state index contributed by atoms with van der Waals surface area (Å²) in [6, 6.07) is 7.30. The molecule has 0 saturated carbocycles. The molecule has 0 bridgehead atoms. The van der Waals surface area contributed by atoms with E-state index in [0.717, 1.165) is 30.8 Å². The third kappa shape index (κ3) is 3.96. The van der Waals surface area contributed by atoms with Crippen LogP contribution in [0.1, 0.15) is 28.0 Å². The van der Waals surface area contributed by atoms with Gasteiger partial charge >= 0.3 is 0 Å². The van der Waals surface area contributed by atoms with E-state index in [9.17, 15) is 9.90 Å². The first-order chi connectivity index (χ1) is 11.1. The van der Waals surface area contributed by atoms with Crippen molar-refractivity contribution in [3.05, 3.63) is 52.0 Å². The van der Waals surface area contributed by atoms with Crippen LogP contribution in [0.3, 0.4) is 0 Å². The van der Waals surface area contributed by atoms with Gasteiger partial charge in [-0.25, -0.2) is 4.98 Å². The average molecular weight is 331 g/mol. The Bertz CT molecular complexity index is 660. The van der Waals surface area contributed by atoms with Crippen LogP contribution in [0.5, 0.6) is 0 Å². The van der Waals surface area contributed by atoms with Crippen LogP contribution in [0.4, 0.5) is 0 Å². The van der Waals surface area contributed by atoms with E-state index < -0.39 is 6.10 Å². The molecule has 0 radical (unpaired) electrons. The summed E-state index contributed by atoms with van der Waals surface area (Å²) in [6.07, 6.45) is 0.179. The minimum atomic E-state index is -0.560. The Kier molecular flexibility index (Phi) is 5.05. The number of hydrogen-bond donors (Lipinski definition) is 2. The fourth-order valence-electron chi connectivity index (χ4n) is 2.93. The fourth-order valence-corrected chi connectivity index (χ4v) is 3.48. The molecule has 5 nitrogen and oxygen atoms in total. The number of aromatic nitrogens is 1. The number of benzene rings is 1. The van der Waals surface area contributed by atoms with Crippen molar-refractivity contribution < 1.29 is 9.90 Å². The number of aliphatic hydroxyl groups excluding tert-OH is 1. The number of carbonyl (C=O) groups excluding carboxylic acids is 1. The number of nitrogens with one attached hydrogen (secondary N) is 1. The van der Waals surface area contributed by atoms with Crippen LogP contribution in [0.15, 0.2) is 35.2 Å². The number of thiazole rings is 1. The standard InChI is InChI=1S/C17H21N3O2S/c1-12-4-2-3-5-14(12)17(22)19-15-6-7-20(9-16(15)21)8-13-10-23-11-18-13/h2-5,10-11,15-16,21H,6-9H2,1H3,(H,19,22)/t15-,16-/m1/s1. The molecule has 0 spiro atoms. The van der Waals surface area contributed by atoms with Crippen LogP contribution in [0.2, 0.25) is 0 Å². The van der Waals surface area contributed by atoms with Gasteiger partial charge in [0, 0.05) is 30.6 Å². The predicted molar refractivity (Wildman–Crippen MR) is 90.4 cm³/mol. The zero-order chi connectivity index (χ0) is 16.2. The highest BCUT2D eigenvalue weighted by Crippen LogP contribution is 2.16. The molecule has 1 fully saturated rings. The number of amides is 1. The maximum atomic E-state index is 12.4. The van der Waals surface area contributed by atoms with Gasteiger partial charge in [0.2, 0.25) is 0 Å². The van der Waals surface area contributed by atoms with Gasteiger partial charge in [-0.05, 0) is 25.0 Å². The van der Waals surface area contributed by atoms with Crippen LogP contribution < -0.4 is 5.32 Å². The molecule has 1 aromatic carbocycles. The number of aryl methyl sites for hydroxylation is 1. The van der Waals surface area contributed by atoms with Gasteiger partial charge in [0.15, 0.2) is 0 Å². The van der Waals surface area contributed by atoms with Crippen molar-refractivity contribution in [3.63, 3.8) is 0 Å². The molecule has 2 atom stereocenters. The van der Waals surface area contributed by atoms with Crippen LogP contribution in [-0.2, 0) is 6.54 Å². The Morgan fingerprint density at radius 3 is 3.00 bits per heavy atom. The van der Waals surface area contributed by atoms with Crippen molar-refractivity contribution in [3.8, 4) is 0 Å². The molecular formula is C17H21N3O2S. The number of hydrogen-bond acceptors (Lipinski definition) is 5. The second-order valence-electron chi connectivity index (χ2n) is 5.97. The van der Waals surface area contributed by atoms with E-state index in [1.54, 1.807) is 11.3 Å². The molecule has 3 rings (SSSR count). The molecular weight excluding hydrogens is 310 g/mol. The molecule has 1 aromatic heterocycles. The number of likely N-dealkylation sites (tertiary alicyclic amines) is 1. The van der Waals surface area contributed by atoms with Crippen LogP contribution in [0.25, 0.3) is 0 Å². The van der Waals surface area contributed by atoms with Crippen LogP contribution in [-0.4, -0.2) is 46.1 Å². The van der Waals surface area contributed by atoms with Gasteiger partial charge in [0.05, 0.1) is 23.4 Å². The first kappa shape index (κ1) is 16.1. The molecule has 2 N–H and O–H groups in total. The van der Waals surface area contributed by atoms with Crippen molar-refractivity contribution in [1.82, 2.24) is 15.2 Å². The van der Waals surface area contributed by atoms with Crippen molar-refractivity contribution in [2.24, 2.45) is 0 Å². The molecule has 1 amide bonds. The molecule has 1 aliphatic heterocycles. The van der Waals surface area contributed by atoms with Crippen molar-refractivity contribution in [1.29, 1.82) is 0 Å².